The highest BCUT2D eigenvalue weighted by Crippen LogP contribution is 2.38. The number of benzene rings is 3. The van der Waals surface area contributed by atoms with E-state index in [0.29, 0.717) is 51.2 Å². The van der Waals surface area contributed by atoms with Crippen molar-refractivity contribution < 1.29 is 19.1 Å². The summed E-state index contributed by atoms with van der Waals surface area (Å²) >= 11 is 0. The van der Waals surface area contributed by atoms with Crippen LogP contribution in [0.3, 0.4) is 0 Å². The average Bonchev–Trinajstić information content (AvgIpc) is 3.32. The Bertz CT molecular complexity index is 1580. The second kappa shape index (κ2) is 9.82. The van der Waals surface area contributed by atoms with Crippen LogP contribution in [0.15, 0.2) is 85.1 Å². The van der Waals surface area contributed by atoms with Gasteiger partial charge < -0.3 is 25.1 Å². The Kier molecular flexibility index (Phi) is 6.25. The molecular formula is C28H23N5O4. The van der Waals surface area contributed by atoms with Crippen LogP contribution in [0, 0.1) is 0 Å². The SMILES string of the molecule is CN(C)C(=O)c1ccc(Oc2cc3[nH]c(-c4ccccn4)nc3cc2Oc2ccc(C(N)=O)cc2)cc1. The summed E-state index contributed by atoms with van der Waals surface area (Å²) in [6.07, 6.45) is 1.70. The minimum atomic E-state index is -0.522. The van der Waals surface area contributed by atoms with Gasteiger partial charge in [-0.3, -0.25) is 14.6 Å². The Morgan fingerprint density at radius 1 is 0.838 bits per heavy atom. The molecule has 5 aromatic rings. The van der Waals surface area contributed by atoms with Crippen molar-refractivity contribution in [1.29, 1.82) is 0 Å². The number of hydrogen-bond donors (Lipinski definition) is 2. The fraction of sp³-hybridized carbons (Fsp3) is 0.0714. The Morgan fingerprint density at radius 3 is 2.03 bits per heavy atom. The lowest BCUT2D eigenvalue weighted by atomic mass is 10.2. The number of H-pyrrole nitrogens is 1. The molecule has 0 saturated heterocycles. The number of amides is 2. The van der Waals surface area contributed by atoms with E-state index in [1.807, 2.05) is 18.2 Å². The van der Waals surface area contributed by atoms with Crippen molar-refractivity contribution in [3.8, 4) is 34.5 Å². The Labute approximate surface area is 212 Å². The van der Waals surface area contributed by atoms with Crippen LogP contribution in [0.4, 0.5) is 0 Å². The van der Waals surface area contributed by atoms with Crippen molar-refractivity contribution in [2.45, 2.75) is 0 Å². The van der Waals surface area contributed by atoms with Gasteiger partial charge >= 0.3 is 0 Å². The van der Waals surface area contributed by atoms with Gasteiger partial charge in [-0.05, 0) is 60.7 Å². The van der Waals surface area contributed by atoms with Gasteiger partial charge in [0.05, 0.1) is 11.0 Å². The van der Waals surface area contributed by atoms with Gasteiger partial charge in [0.15, 0.2) is 17.3 Å². The van der Waals surface area contributed by atoms with Gasteiger partial charge in [-0.1, -0.05) is 6.07 Å². The summed E-state index contributed by atoms with van der Waals surface area (Å²) in [6.45, 7) is 0. The van der Waals surface area contributed by atoms with Crippen LogP contribution in [0.2, 0.25) is 0 Å². The van der Waals surface area contributed by atoms with Gasteiger partial charge in [-0.15, -0.1) is 0 Å². The molecule has 5 rings (SSSR count). The molecule has 0 bridgehead atoms. The smallest absolute Gasteiger partial charge is 0.253 e. The normalized spacial score (nSPS) is 10.8. The number of hydrogen-bond acceptors (Lipinski definition) is 6. The van der Waals surface area contributed by atoms with E-state index in [0.717, 1.165) is 5.52 Å². The number of aromatic nitrogens is 3. The summed E-state index contributed by atoms with van der Waals surface area (Å²) in [6, 6.07) is 22.5. The molecule has 0 aliphatic rings. The first kappa shape index (κ1) is 23.6. The first-order chi connectivity index (χ1) is 17.9. The number of carbonyl (C=O) groups is 2. The highest BCUT2D eigenvalue weighted by molar-refractivity contribution is 5.94. The van der Waals surface area contributed by atoms with Crippen LogP contribution < -0.4 is 15.2 Å². The molecule has 0 saturated carbocycles. The lowest BCUT2D eigenvalue weighted by molar-refractivity contribution is 0.0827. The summed E-state index contributed by atoms with van der Waals surface area (Å²) in [5, 5.41) is 0. The second-order valence-corrected chi connectivity index (χ2v) is 8.43. The van der Waals surface area contributed by atoms with E-state index >= 15 is 0 Å². The maximum absolute atomic E-state index is 12.2. The second-order valence-electron chi connectivity index (χ2n) is 8.43. The zero-order valence-corrected chi connectivity index (χ0v) is 20.1. The van der Waals surface area contributed by atoms with Crippen molar-refractivity contribution in [3.63, 3.8) is 0 Å². The first-order valence-corrected chi connectivity index (χ1v) is 11.4. The number of nitrogens with zero attached hydrogens (tertiary/aromatic N) is 3. The van der Waals surface area contributed by atoms with Crippen LogP contribution in [-0.2, 0) is 0 Å². The van der Waals surface area contributed by atoms with Crippen molar-refractivity contribution in [3.05, 3.63) is 96.2 Å². The third kappa shape index (κ3) is 5.10. The molecule has 3 aromatic carbocycles. The zero-order chi connectivity index (χ0) is 25.9. The molecule has 0 radical (unpaired) electrons. The van der Waals surface area contributed by atoms with Gasteiger partial charge in [-0.2, -0.15) is 0 Å². The summed E-state index contributed by atoms with van der Waals surface area (Å²) in [7, 11) is 3.40. The standard InChI is InChI=1S/C28H23N5O4/c1-33(2)28(35)18-8-12-20(13-9-18)37-25-16-23-22(31-27(32-23)21-5-3-4-14-30-21)15-24(25)36-19-10-6-17(7-11-19)26(29)34/h3-16H,1-2H3,(H2,29,34)(H,31,32). The average molecular weight is 494 g/mol. The Balaban J connectivity index is 1.52. The molecule has 0 unspecified atom stereocenters. The number of ether oxygens (including phenoxy) is 2. The number of nitrogens with one attached hydrogen (secondary N) is 1. The van der Waals surface area contributed by atoms with E-state index in [1.165, 1.54) is 4.90 Å². The largest absolute Gasteiger partial charge is 0.453 e. The molecule has 0 aliphatic heterocycles. The Hall–Kier alpha value is -5.18. The number of fused-ring (bicyclic) bond motifs is 1. The quantitative estimate of drug-likeness (QED) is 0.328. The molecule has 2 amide bonds. The maximum Gasteiger partial charge on any atom is 0.253 e. The van der Waals surface area contributed by atoms with Gasteiger partial charge in [0.2, 0.25) is 5.91 Å². The van der Waals surface area contributed by atoms with Gasteiger partial charge in [-0.25, -0.2) is 4.98 Å². The number of carbonyl (C=O) groups excluding carboxylic acids is 2. The summed E-state index contributed by atoms with van der Waals surface area (Å²) in [5.74, 6) is 1.83. The van der Waals surface area contributed by atoms with Crippen LogP contribution in [0.5, 0.6) is 23.0 Å². The van der Waals surface area contributed by atoms with E-state index < -0.39 is 5.91 Å². The minimum absolute atomic E-state index is 0.101. The molecule has 0 spiro atoms. The molecule has 0 fully saturated rings. The summed E-state index contributed by atoms with van der Waals surface area (Å²) in [5.41, 5.74) is 8.35. The molecular weight excluding hydrogens is 470 g/mol. The van der Waals surface area contributed by atoms with Crippen LogP contribution in [0.1, 0.15) is 20.7 Å². The van der Waals surface area contributed by atoms with Crippen LogP contribution in [0.25, 0.3) is 22.6 Å². The highest BCUT2D eigenvalue weighted by Gasteiger charge is 2.16. The predicted molar refractivity (Wildman–Crippen MR) is 139 cm³/mol. The third-order valence-electron chi connectivity index (χ3n) is 5.56. The predicted octanol–water partition coefficient (Wildman–Crippen LogP) is 5.01. The van der Waals surface area contributed by atoms with Crippen LogP contribution >= 0.6 is 0 Å². The molecule has 3 N–H and O–H groups in total. The van der Waals surface area contributed by atoms with E-state index in [4.69, 9.17) is 15.2 Å². The number of pyridine rings is 1. The van der Waals surface area contributed by atoms with E-state index in [2.05, 4.69) is 15.0 Å². The van der Waals surface area contributed by atoms with E-state index in [1.54, 1.807) is 81.0 Å². The third-order valence-corrected chi connectivity index (χ3v) is 5.56. The summed E-state index contributed by atoms with van der Waals surface area (Å²) in [4.78, 5) is 37.4. The van der Waals surface area contributed by atoms with Crippen molar-refractivity contribution in [2.75, 3.05) is 14.1 Å². The van der Waals surface area contributed by atoms with Crippen LogP contribution in [-0.4, -0.2) is 45.8 Å². The number of primary amides is 1. The number of aromatic amines is 1. The molecule has 9 nitrogen and oxygen atoms in total. The zero-order valence-electron chi connectivity index (χ0n) is 20.1. The van der Waals surface area contributed by atoms with E-state index in [9.17, 15) is 9.59 Å². The van der Waals surface area contributed by atoms with Gasteiger partial charge in [0.25, 0.3) is 5.91 Å². The molecule has 37 heavy (non-hydrogen) atoms. The lowest BCUT2D eigenvalue weighted by Crippen LogP contribution is -2.21. The minimum Gasteiger partial charge on any atom is -0.453 e. The molecule has 184 valence electrons. The molecule has 0 atom stereocenters. The van der Waals surface area contributed by atoms with Crippen molar-refractivity contribution in [2.24, 2.45) is 5.73 Å². The Morgan fingerprint density at radius 2 is 1.46 bits per heavy atom. The molecule has 0 aliphatic carbocycles. The van der Waals surface area contributed by atoms with Gasteiger partial charge in [0.1, 0.15) is 17.2 Å². The molecule has 9 heteroatoms. The molecule has 2 heterocycles. The van der Waals surface area contributed by atoms with E-state index in [-0.39, 0.29) is 5.91 Å². The summed E-state index contributed by atoms with van der Waals surface area (Å²) < 4.78 is 12.3. The topological polar surface area (TPSA) is 123 Å². The monoisotopic (exact) mass is 493 g/mol. The van der Waals surface area contributed by atoms with Crippen molar-refractivity contribution >= 4 is 22.8 Å². The number of rotatable bonds is 7. The first-order valence-electron chi connectivity index (χ1n) is 11.4. The maximum atomic E-state index is 12.2. The molecule has 2 aromatic heterocycles. The van der Waals surface area contributed by atoms with Gasteiger partial charge in [0, 0.05) is 43.6 Å². The van der Waals surface area contributed by atoms with Crippen molar-refractivity contribution in [1.82, 2.24) is 19.9 Å². The highest BCUT2D eigenvalue weighted by atomic mass is 16.5. The lowest BCUT2D eigenvalue weighted by Gasteiger charge is -2.14. The number of nitrogens with two attached hydrogens (primary N) is 1. The number of imidazole rings is 1. The fourth-order valence-electron chi connectivity index (χ4n) is 3.67. The fourth-order valence-corrected chi connectivity index (χ4v) is 3.67.